The van der Waals surface area contributed by atoms with E-state index in [4.69, 9.17) is 5.73 Å². The Bertz CT molecular complexity index is 527. The molecule has 0 aliphatic carbocycles. The molecule has 0 amide bonds. The van der Waals surface area contributed by atoms with Crippen molar-refractivity contribution in [1.82, 2.24) is 4.57 Å². The number of aromatic nitrogens is 1. The Balaban J connectivity index is 2.52. The number of hydrogen-bond acceptors (Lipinski definition) is 2. The molecule has 0 aliphatic heterocycles. The van der Waals surface area contributed by atoms with Gasteiger partial charge in [0.05, 0.1) is 0 Å². The van der Waals surface area contributed by atoms with Gasteiger partial charge in [0.2, 0.25) is 0 Å². The highest BCUT2D eigenvalue weighted by Crippen LogP contribution is 2.27. The molecule has 3 nitrogen and oxygen atoms in total. The zero-order valence-electron chi connectivity index (χ0n) is 11.2. The van der Waals surface area contributed by atoms with Crippen molar-refractivity contribution in [1.29, 1.82) is 0 Å². The zero-order valence-corrected chi connectivity index (χ0v) is 11.2. The van der Waals surface area contributed by atoms with Gasteiger partial charge in [-0.25, -0.2) is 0 Å². The molecular formula is C15H22N2O. The van der Waals surface area contributed by atoms with Gasteiger partial charge in [0.1, 0.15) is 0 Å². The summed E-state index contributed by atoms with van der Waals surface area (Å²) in [5.41, 5.74) is 9.60. The number of fused-ring (bicyclic) bond motifs is 1. The zero-order chi connectivity index (χ0) is 13.1. The third kappa shape index (κ3) is 2.16. The van der Waals surface area contributed by atoms with Crippen molar-refractivity contribution in [2.75, 3.05) is 13.2 Å². The van der Waals surface area contributed by atoms with Gasteiger partial charge < -0.3 is 15.4 Å². The molecule has 1 unspecified atom stereocenters. The van der Waals surface area contributed by atoms with Crippen molar-refractivity contribution < 1.29 is 5.11 Å². The number of hydrogen-bond donors (Lipinski definition) is 2. The largest absolute Gasteiger partial charge is 0.396 e. The van der Waals surface area contributed by atoms with Crippen LogP contribution in [0, 0.1) is 12.8 Å². The Hall–Kier alpha value is -1.32. The fourth-order valence-corrected chi connectivity index (χ4v) is 2.68. The summed E-state index contributed by atoms with van der Waals surface area (Å²) in [6.45, 7) is 5.97. The van der Waals surface area contributed by atoms with E-state index in [1.807, 2.05) is 0 Å². The SMILES string of the molecule is CCn1c(C)c(CC(CN)CO)c2ccccc21. The van der Waals surface area contributed by atoms with Crippen molar-refractivity contribution in [3.63, 3.8) is 0 Å². The molecule has 1 aromatic heterocycles. The van der Waals surface area contributed by atoms with Crippen LogP contribution in [0.5, 0.6) is 0 Å². The van der Waals surface area contributed by atoms with Gasteiger partial charge in [-0.3, -0.25) is 0 Å². The molecule has 3 N–H and O–H groups in total. The first-order valence-corrected chi connectivity index (χ1v) is 6.60. The van der Waals surface area contributed by atoms with Crippen LogP contribution in [0.25, 0.3) is 10.9 Å². The number of rotatable bonds is 5. The topological polar surface area (TPSA) is 51.2 Å². The maximum absolute atomic E-state index is 9.33. The molecule has 2 rings (SSSR count). The first-order valence-electron chi connectivity index (χ1n) is 6.60. The van der Waals surface area contributed by atoms with Crippen LogP contribution in [0.2, 0.25) is 0 Å². The number of aliphatic hydroxyl groups excluding tert-OH is 1. The number of benzene rings is 1. The second kappa shape index (κ2) is 5.55. The summed E-state index contributed by atoms with van der Waals surface area (Å²) < 4.78 is 2.33. The number of para-hydroxylation sites is 1. The van der Waals surface area contributed by atoms with Crippen molar-refractivity contribution in [2.45, 2.75) is 26.8 Å². The fourth-order valence-electron chi connectivity index (χ4n) is 2.68. The average molecular weight is 246 g/mol. The second-order valence-electron chi connectivity index (χ2n) is 4.81. The summed E-state index contributed by atoms with van der Waals surface area (Å²) in [5, 5.41) is 10.6. The van der Waals surface area contributed by atoms with E-state index in [2.05, 4.69) is 42.7 Å². The van der Waals surface area contributed by atoms with Gasteiger partial charge in [-0.1, -0.05) is 18.2 Å². The molecule has 0 saturated heterocycles. The molecule has 0 bridgehead atoms. The highest BCUT2D eigenvalue weighted by Gasteiger charge is 2.16. The first kappa shape index (κ1) is 13.1. The maximum atomic E-state index is 9.33. The molecule has 3 heteroatoms. The summed E-state index contributed by atoms with van der Waals surface area (Å²) in [5.74, 6) is 0.153. The summed E-state index contributed by atoms with van der Waals surface area (Å²) >= 11 is 0. The van der Waals surface area contributed by atoms with Crippen LogP contribution in [0.1, 0.15) is 18.2 Å². The highest BCUT2D eigenvalue weighted by atomic mass is 16.3. The van der Waals surface area contributed by atoms with E-state index < -0.39 is 0 Å². The van der Waals surface area contributed by atoms with Gasteiger partial charge in [0.15, 0.2) is 0 Å². The lowest BCUT2D eigenvalue weighted by molar-refractivity contribution is 0.230. The molecule has 0 saturated carbocycles. The minimum absolute atomic E-state index is 0.153. The minimum atomic E-state index is 0.153. The van der Waals surface area contributed by atoms with Gasteiger partial charge in [0.25, 0.3) is 0 Å². The fraction of sp³-hybridized carbons (Fsp3) is 0.467. The lowest BCUT2D eigenvalue weighted by Crippen LogP contribution is -2.20. The monoisotopic (exact) mass is 246 g/mol. The van der Waals surface area contributed by atoms with Gasteiger partial charge >= 0.3 is 0 Å². The Labute approximate surface area is 108 Å². The lowest BCUT2D eigenvalue weighted by Gasteiger charge is -2.12. The third-order valence-electron chi connectivity index (χ3n) is 3.76. The average Bonchev–Trinajstić information content (AvgIpc) is 2.68. The normalized spacial score (nSPS) is 13.1. The number of aryl methyl sites for hydroxylation is 1. The van der Waals surface area contributed by atoms with Crippen molar-refractivity contribution in [2.24, 2.45) is 11.7 Å². The predicted octanol–water partition coefficient (Wildman–Crippen LogP) is 2.08. The summed E-state index contributed by atoms with van der Waals surface area (Å²) in [4.78, 5) is 0. The van der Waals surface area contributed by atoms with E-state index in [0.717, 1.165) is 13.0 Å². The van der Waals surface area contributed by atoms with E-state index in [0.29, 0.717) is 6.54 Å². The molecule has 0 fully saturated rings. The van der Waals surface area contributed by atoms with Crippen LogP contribution in [0.3, 0.4) is 0 Å². The van der Waals surface area contributed by atoms with E-state index in [-0.39, 0.29) is 12.5 Å². The lowest BCUT2D eigenvalue weighted by atomic mass is 9.98. The van der Waals surface area contributed by atoms with E-state index in [9.17, 15) is 5.11 Å². The second-order valence-corrected chi connectivity index (χ2v) is 4.81. The van der Waals surface area contributed by atoms with Crippen LogP contribution >= 0.6 is 0 Å². The van der Waals surface area contributed by atoms with Gasteiger partial charge in [-0.05, 0) is 44.4 Å². The molecule has 0 radical (unpaired) electrons. The van der Waals surface area contributed by atoms with Gasteiger partial charge in [0, 0.05) is 29.7 Å². The van der Waals surface area contributed by atoms with Gasteiger partial charge in [-0.15, -0.1) is 0 Å². The Morgan fingerprint density at radius 2 is 2.06 bits per heavy atom. The molecule has 2 aromatic rings. The molecule has 0 spiro atoms. The van der Waals surface area contributed by atoms with E-state index in [1.165, 1.54) is 22.2 Å². The van der Waals surface area contributed by atoms with Crippen LogP contribution in [-0.2, 0) is 13.0 Å². The molecular weight excluding hydrogens is 224 g/mol. The molecule has 0 aliphatic rings. The predicted molar refractivity (Wildman–Crippen MR) is 75.7 cm³/mol. The number of nitrogens with two attached hydrogens (primary N) is 1. The molecule has 18 heavy (non-hydrogen) atoms. The van der Waals surface area contributed by atoms with Crippen LogP contribution < -0.4 is 5.73 Å². The van der Waals surface area contributed by atoms with E-state index >= 15 is 0 Å². The number of aliphatic hydroxyl groups is 1. The standard InChI is InChI=1S/C15H22N2O/c1-3-17-11(2)14(8-12(9-16)10-18)13-6-4-5-7-15(13)17/h4-7,12,18H,3,8-10,16H2,1-2H3. The Morgan fingerprint density at radius 3 is 2.67 bits per heavy atom. The summed E-state index contributed by atoms with van der Waals surface area (Å²) in [6, 6.07) is 8.46. The first-order chi connectivity index (χ1) is 8.72. The molecule has 1 atom stereocenters. The smallest absolute Gasteiger partial charge is 0.0485 e. The number of nitrogens with zero attached hydrogens (tertiary/aromatic N) is 1. The van der Waals surface area contributed by atoms with Gasteiger partial charge in [-0.2, -0.15) is 0 Å². The van der Waals surface area contributed by atoms with Crippen molar-refractivity contribution >= 4 is 10.9 Å². The summed E-state index contributed by atoms with van der Waals surface area (Å²) in [7, 11) is 0. The highest BCUT2D eigenvalue weighted by molar-refractivity contribution is 5.85. The Morgan fingerprint density at radius 1 is 1.33 bits per heavy atom. The molecule has 1 aromatic carbocycles. The van der Waals surface area contributed by atoms with Crippen LogP contribution in [0.15, 0.2) is 24.3 Å². The molecule has 1 heterocycles. The van der Waals surface area contributed by atoms with Crippen LogP contribution in [-0.4, -0.2) is 22.8 Å². The van der Waals surface area contributed by atoms with E-state index in [1.54, 1.807) is 0 Å². The third-order valence-corrected chi connectivity index (χ3v) is 3.76. The quantitative estimate of drug-likeness (QED) is 0.848. The van der Waals surface area contributed by atoms with Crippen molar-refractivity contribution in [3.8, 4) is 0 Å². The van der Waals surface area contributed by atoms with Crippen LogP contribution in [0.4, 0.5) is 0 Å². The van der Waals surface area contributed by atoms with Crippen molar-refractivity contribution in [3.05, 3.63) is 35.5 Å². The Kier molecular flexibility index (Phi) is 4.04. The maximum Gasteiger partial charge on any atom is 0.0485 e. The minimum Gasteiger partial charge on any atom is -0.396 e. The summed E-state index contributed by atoms with van der Waals surface area (Å²) in [6.07, 6.45) is 0.854. The molecule has 98 valence electrons.